The van der Waals surface area contributed by atoms with E-state index in [1.165, 1.54) is 0 Å². The molecule has 0 radical (unpaired) electrons. The first kappa shape index (κ1) is 18.0. The van der Waals surface area contributed by atoms with Crippen molar-refractivity contribution in [2.24, 2.45) is 0 Å². The number of aliphatic hydroxyl groups excluding tert-OH is 1. The van der Waals surface area contributed by atoms with Gasteiger partial charge in [0.1, 0.15) is 6.33 Å². The number of nitrogens with one attached hydrogen (secondary N) is 1. The zero-order valence-corrected chi connectivity index (χ0v) is 15.1. The molecule has 2 fully saturated rings. The van der Waals surface area contributed by atoms with E-state index >= 15 is 0 Å². The molecule has 27 heavy (non-hydrogen) atoms. The Labute approximate surface area is 157 Å². The molecule has 0 aliphatic carbocycles. The van der Waals surface area contributed by atoms with E-state index in [1.807, 2.05) is 24.3 Å². The number of benzene rings is 1. The van der Waals surface area contributed by atoms with E-state index in [4.69, 9.17) is 9.84 Å². The molecule has 2 aliphatic rings. The fourth-order valence-electron chi connectivity index (χ4n) is 3.84. The highest BCUT2D eigenvalue weighted by Gasteiger charge is 2.37. The predicted molar refractivity (Wildman–Crippen MR) is 96.0 cm³/mol. The van der Waals surface area contributed by atoms with E-state index < -0.39 is 0 Å². The standard InChI is InChI=1S/C18H24N6O3/c25-6-5-17-10-23-9-15(7-16(23)11-27-17)20-18(26)14-3-1-13(2-4-14)8-24-12-19-21-22-24/h1-4,12,15-17,25H,5-11H2,(H,20,26)/t15-,16-,17-/m0/s1. The molecule has 0 saturated carbocycles. The number of hydrogen-bond acceptors (Lipinski definition) is 7. The molecule has 3 atom stereocenters. The summed E-state index contributed by atoms with van der Waals surface area (Å²) in [6, 6.07) is 7.97. The summed E-state index contributed by atoms with van der Waals surface area (Å²) in [7, 11) is 0. The van der Waals surface area contributed by atoms with Gasteiger partial charge in [-0.1, -0.05) is 12.1 Å². The quantitative estimate of drug-likeness (QED) is 0.716. The molecule has 144 valence electrons. The summed E-state index contributed by atoms with van der Waals surface area (Å²) in [6.45, 7) is 3.04. The number of rotatable bonds is 6. The normalized spacial score (nSPS) is 25.3. The number of fused-ring (bicyclic) bond motifs is 1. The van der Waals surface area contributed by atoms with Crippen molar-refractivity contribution in [2.75, 3.05) is 26.3 Å². The van der Waals surface area contributed by atoms with Crippen molar-refractivity contribution in [1.82, 2.24) is 30.4 Å². The Kier molecular flexibility index (Phi) is 5.42. The van der Waals surface area contributed by atoms with E-state index in [9.17, 15) is 4.79 Å². The SMILES string of the molecule is O=C(N[C@H]1C[C@H]2CO[C@@H](CCO)CN2C1)c1ccc(Cn2cnnn2)cc1. The van der Waals surface area contributed by atoms with E-state index in [0.717, 1.165) is 25.1 Å². The Morgan fingerprint density at radius 1 is 1.30 bits per heavy atom. The molecule has 2 aliphatic heterocycles. The highest BCUT2D eigenvalue weighted by Crippen LogP contribution is 2.24. The molecule has 2 saturated heterocycles. The second-order valence-corrected chi connectivity index (χ2v) is 7.19. The molecule has 2 N–H and O–H groups in total. The molecule has 3 heterocycles. The minimum atomic E-state index is -0.0540. The van der Waals surface area contributed by atoms with Crippen molar-refractivity contribution in [1.29, 1.82) is 0 Å². The Balaban J connectivity index is 1.30. The third-order valence-corrected chi connectivity index (χ3v) is 5.23. The monoisotopic (exact) mass is 372 g/mol. The van der Waals surface area contributed by atoms with Crippen molar-refractivity contribution >= 4 is 5.91 Å². The van der Waals surface area contributed by atoms with Crippen LogP contribution in [0.15, 0.2) is 30.6 Å². The van der Waals surface area contributed by atoms with Gasteiger partial charge in [-0.15, -0.1) is 5.10 Å². The number of amides is 1. The highest BCUT2D eigenvalue weighted by atomic mass is 16.5. The van der Waals surface area contributed by atoms with Crippen LogP contribution >= 0.6 is 0 Å². The Bertz CT molecular complexity index is 751. The van der Waals surface area contributed by atoms with Crippen molar-refractivity contribution in [3.05, 3.63) is 41.7 Å². The van der Waals surface area contributed by atoms with E-state index in [0.29, 0.717) is 31.2 Å². The third-order valence-electron chi connectivity index (χ3n) is 5.23. The number of morpholine rings is 1. The number of nitrogens with zero attached hydrogens (tertiary/aromatic N) is 5. The second kappa shape index (κ2) is 8.12. The fourth-order valence-corrected chi connectivity index (χ4v) is 3.84. The number of aromatic nitrogens is 4. The molecule has 4 rings (SSSR count). The van der Waals surface area contributed by atoms with Crippen LogP contribution in [0.5, 0.6) is 0 Å². The lowest BCUT2D eigenvalue weighted by Crippen LogP contribution is -2.46. The van der Waals surface area contributed by atoms with Gasteiger partial charge in [0.2, 0.25) is 0 Å². The summed E-state index contributed by atoms with van der Waals surface area (Å²) in [4.78, 5) is 14.9. The van der Waals surface area contributed by atoms with Crippen molar-refractivity contribution in [2.45, 2.75) is 37.6 Å². The van der Waals surface area contributed by atoms with Crippen LogP contribution in [0.25, 0.3) is 0 Å². The van der Waals surface area contributed by atoms with Gasteiger partial charge in [0.05, 0.1) is 19.3 Å². The maximum atomic E-state index is 12.6. The molecule has 2 aromatic rings. The first-order valence-corrected chi connectivity index (χ1v) is 9.28. The molecule has 1 amide bonds. The Hall–Kier alpha value is -2.36. The summed E-state index contributed by atoms with van der Waals surface area (Å²) in [5.41, 5.74) is 1.68. The second-order valence-electron chi connectivity index (χ2n) is 7.19. The number of aliphatic hydroxyl groups is 1. The molecule has 9 nitrogen and oxygen atoms in total. The Morgan fingerprint density at radius 3 is 2.89 bits per heavy atom. The summed E-state index contributed by atoms with van der Waals surface area (Å²) >= 11 is 0. The molecule has 0 unspecified atom stereocenters. The maximum Gasteiger partial charge on any atom is 0.251 e. The first-order valence-electron chi connectivity index (χ1n) is 9.28. The zero-order valence-electron chi connectivity index (χ0n) is 15.1. The van der Waals surface area contributed by atoms with Gasteiger partial charge >= 0.3 is 0 Å². The molecule has 1 aromatic heterocycles. The van der Waals surface area contributed by atoms with Crippen LogP contribution in [0.3, 0.4) is 0 Å². The van der Waals surface area contributed by atoms with Gasteiger partial charge in [0.25, 0.3) is 5.91 Å². The smallest absolute Gasteiger partial charge is 0.251 e. The Morgan fingerprint density at radius 2 is 2.15 bits per heavy atom. The van der Waals surface area contributed by atoms with Crippen LogP contribution < -0.4 is 5.32 Å². The summed E-state index contributed by atoms with van der Waals surface area (Å²) in [5.74, 6) is -0.0540. The molecule has 9 heteroatoms. The largest absolute Gasteiger partial charge is 0.396 e. The van der Waals surface area contributed by atoms with Crippen LogP contribution in [-0.4, -0.2) is 80.6 Å². The van der Waals surface area contributed by atoms with Gasteiger partial charge in [-0.3, -0.25) is 9.69 Å². The summed E-state index contributed by atoms with van der Waals surface area (Å²) in [5, 5.41) is 23.3. The lowest BCUT2D eigenvalue weighted by atomic mass is 10.1. The van der Waals surface area contributed by atoms with Crippen LogP contribution in [-0.2, 0) is 11.3 Å². The van der Waals surface area contributed by atoms with Crippen molar-refractivity contribution in [3.8, 4) is 0 Å². The molecular weight excluding hydrogens is 348 g/mol. The number of hydrogen-bond donors (Lipinski definition) is 2. The molecule has 0 bridgehead atoms. The third kappa shape index (κ3) is 4.32. The molecule has 0 spiro atoms. The van der Waals surface area contributed by atoms with Crippen LogP contribution in [0.4, 0.5) is 0 Å². The summed E-state index contributed by atoms with van der Waals surface area (Å²) in [6.07, 6.45) is 3.21. The van der Waals surface area contributed by atoms with Crippen molar-refractivity contribution in [3.63, 3.8) is 0 Å². The lowest BCUT2D eigenvalue weighted by Gasteiger charge is -2.34. The van der Waals surface area contributed by atoms with Crippen LogP contribution in [0, 0.1) is 0 Å². The van der Waals surface area contributed by atoms with Gasteiger partial charge < -0.3 is 15.2 Å². The number of carbonyl (C=O) groups excluding carboxylic acids is 1. The van der Waals surface area contributed by atoms with Gasteiger partial charge in [-0.25, -0.2) is 4.68 Å². The number of ether oxygens (including phenoxy) is 1. The summed E-state index contributed by atoms with van der Waals surface area (Å²) < 4.78 is 7.43. The maximum absolute atomic E-state index is 12.6. The van der Waals surface area contributed by atoms with Gasteiger partial charge in [0, 0.05) is 37.3 Å². The zero-order chi connectivity index (χ0) is 18.6. The average molecular weight is 372 g/mol. The number of carbonyl (C=O) groups is 1. The minimum absolute atomic E-state index is 0.0540. The fraction of sp³-hybridized carbons (Fsp3) is 0.556. The predicted octanol–water partition coefficient (Wildman–Crippen LogP) is -0.325. The minimum Gasteiger partial charge on any atom is -0.396 e. The molecular formula is C18H24N6O3. The van der Waals surface area contributed by atoms with Crippen LogP contribution in [0.1, 0.15) is 28.8 Å². The van der Waals surface area contributed by atoms with Gasteiger partial charge in [-0.2, -0.15) is 0 Å². The average Bonchev–Trinajstić information content (AvgIpc) is 3.31. The van der Waals surface area contributed by atoms with E-state index in [1.54, 1.807) is 11.0 Å². The van der Waals surface area contributed by atoms with E-state index in [2.05, 4.69) is 25.7 Å². The van der Waals surface area contributed by atoms with Crippen molar-refractivity contribution < 1.29 is 14.6 Å². The molecule has 1 aromatic carbocycles. The topological polar surface area (TPSA) is 105 Å². The number of tetrazole rings is 1. The first-order chi connectivity index (χ1) is 13.2. The van der Waals surface area contributed by atoms with Gasteiger partial charge in [-0.05, 0) is 41.0 Å². The lowest BCUT2D eigenvalue weighted by molar-refractivity contribution is -0.0566. The van der Waals surface area contributed by atoms with Crippen LogP contribution in [0.2, 0.25) is 0 Å². The van der Waals surface area contributed by atoms with E-state index in [-0.39, 0.29) is 24.7 Å². The van der Waals surface area contributed by atoms with Gasteiger partial charge in [0.15, 0.2) is 0 Å². The highest BCUT2D eigenvalue weighted by molar-refractivity contribution is 5.94.